The lowest BCUT2D eigenvalue weighted by Gasteiger charge is -2.14. The lowest BCUT2D eigenvalue weighted by atomic mass is 9.99. The number of ketones is 1. The van der Waals surface area contributed by atoms with Gasteiger partial charge in [0.05, 0.1) is 5.56 Å². The number of carbonyl (C=O) groups is 1. The van der Waals surface area contributed by atoms with Crippen molar-refractivity contribution < 1.29 is 22.5 Å². The quantitative estimate of drug-likeness (QED) is 0.454. The van der Waals surface area contributed by atoms with Crippen molar-refractivity contribution in [2.45, 2.75) is 11.0 Å². The fourth-order valence-electron chi connectivity index (χ4n) is 2.44. The Kier molecular flexibility index (Phi) is 5.74. The molecule has 0 aromatic heterocycles. The van der Waals surface area contributed by atoms with E-state index in [-0.39, 0.29) is 16.2 Å². The van der Waals surface area contributed by atoms with Gasteiger partial charge >= 0.3 is 10.1 Å². The third-order valence-electron chi connectivity index (χ3n) is 3.82. The number of benzene rings is 3. The second-order valence-electron chi connectivity index (χ2n) is 5.67. The summed E-state index contributed by atoms with van der Waals surface area (Å²) in [5.74, 6) is -0.789. The number of hydrogen-bond acceptors (Lipinski definition) is 5. The average molecular weight is 447 g/mol. The van der Waals surface area contributed by atoms with Crippen molar-refractivity contribution in [2.75, 3.05) is 0 Å². The van der Waals surface area contributed by atoms with Crippen molar-refractivity contribution >= 4 is 31.8 Å². The lowest BCUT2D eigenvalue weighted by Crippen LogP contribution is -2.16. The van der Waals surface area contributed by atoms with Crippen LogP contribution in [0.2, 0.25) is 0 Å². The minimum absolute atomic E-state index is 0.0189. The van der Waals surface area contributed by atoms with Gasteiger partial charge in [-0.25, -0.2) is 0 Å². The third-order valence-corrected chi connectivity index (χ3v) is 5.60. The van der Waals surface area contributed by atoms with Crippen molar-refractivity contribution in [2.24, 2.45) is 0 Å². The molecule has 0 spiro atoms. The molecule has 0 heterocycles. The first-order chi connectivity index (χ1) is 12.9. The van der Waals surface area contributed by atoms with Crippen LogP contribution >= 0.6 is 15.9 Å². The maximum absolute atomic E-state index is 12.7. The number of carbonyl (C=O) groups excluding carboxylic acids is 1. The van der Waals surface area contributed by atoms with Gasteiger partial charge in [-0.05, 0) is 42.0 Å². The van der Waals surface area contributed by atoms with Crippen molar-refractivity contribution in [3.05, 3.63) is 94.5 Å². The van der Waals surface area contributed by atoms with E-state index in [1.54, 1.807) is 54.6 Å². The van der Waals surface area contributed by atoms with Crippen LogP contribution in [-0.2, 0) is 10.1 Å². The van der Waals surface area contributed by atoms with E-state index in [4.69, 9.17) is 4.18 Å². The molecule has 3 aromatic rings. The maximum atomic E-state index is 12.7. The average Bonchev–Trinajstić information content (AvgIpc) is 2.68. The number of Topliss-reactive ketones (excluding diaryl/α,β-unsaturated/α-hetero) is 1. The molecule has 1 atom stereocenters. The van der Waals surface area contributed by atoms with Gasteiger partial charge in [0.1, 0.15) is 11.0 Å². The normalized spacial score (nSPS) is 12.4. The summed E-state index contributed by atoms with van der Waals surface area (Å²) >= 11 is 3.24. The molecule has 1 N–H and O–H groups in total. The molecule has 3 rings (SSSR count). The van der Waals surface area contributed by atoms with Crippen LogP contribution in [0.4, 0.5) is 0 Å². The highest BCUT2D eigenvalue weighted by molar-refractivity contribution is 9.10. The van der Waals surface area contributed by atoms with E-state index in [1.807, 2.05) is 0 Å². The van der Waals surface area contributed by atoms with Gasteiger partial charge in [-0.2, -0.15) is 8.42 Å². The van der Waals surface area contributed by atoms with E-state index in [9.17, 15) is 18.3 Å². The SMILES string of the molecule is O=C(c1ccccc1OS(=O)(=O)c1ccc(Br)cc1)C(O)c1ccccc1. The van der Waals surface area contributed by atoms with E-state index in [1.165, 1.54) is 24.3 Å². The van der Waals surface area contributed by atoms with Crippen LogP contribution in [0.15, 0.2) is 88.2 Å². The van der Waals surface area contributed by atoms with Gasteiger partial charge in [-0.3, -0.25) is 4.79 Å². The largest absolute Gasteiger partial charge is 0.380 e. The second-order valence-corrected chi connectivity index (χ2v) is 8.13. The molecule has 0 saturated heterocycles. The predicted octanol–water partition coefficient (Wildman–Crippen LogP) is 4.13. The van der Waals surface area contributed by atoms with Gasteiger partial charge < -0.3 is 9.29 Å². The number of para-hydroxylation sites is 1. The first kappa shape index (κ1) is 19.3. The Morgan fingerprint density at radius 2 is 1.48 bits per heavy atom. The number of halogens is 1. The number of aliphatic hydroxyl groups is 1. The lowest BCUT2D eigenvalue weighted by molar-refractivity contribution is 0.0746. The van der Waals surface area contributed by atoms with E-state index in [0.717, 1.165) is 4.47 Å². The number of aliphatic hydroxyl groups excluding tert-OH is 1. The molecule has 138 valence electrons. The topological polar surface area (TPSA) is 80.7 Å². The zero-order valence-electron chi connectivity index (χ0n) is 13.9. The van der Waals surface area contributed by atoms with Gasteiger partial charge in [0.15, 0.2) is 11.5 Å². The van der Waals surface area contributed by atoms with Crippen LogP contribution in [0, 0.1) is 0 Å². The molecule has 1 unspecified atom stereocenters. The summed E-state index contributed by atoms with van der Waals surface area (Å²) in [7, 11) is -4.13. The van der Waals surface area contributed by atoms with Crippen LogP contribution in [0.25, 0.3) is 0 Å². The summed E-state index contributed by atoms with van der Waals surface area (Å²) in [6, 6.07) is 20.3. The smallest absolute Gasteiger partial charge is 0.339 e. The monoisotopic (exact) mass is 446 g/mol. The van der Waals surface area contributed by atoms with Gasteiger partial charge in [0, 0.05) is 4.47 Å². The Bertz CT molecular complexity index is 1050. The molecular weight excluding hydrogens is 432 g/mol. The Morgan fingerprint density at radius 1 is 0.889 bits per heavy atom. The molecule has 27 heavy (non-hydrogen) atoms. The van der Waals surface area contributed by atoms with E-state index in [0.29, 0.717) is 5.56 Å². The van der Waals surface area contributed by atoms with Crippen molar-refractivity contribution in [1.29, 1.82) is 0 Å². The zero-order valence-corrected chi connectivity index (χ0v) is 16.4. The van der Waals surface area contributed by atoms with Crippen LogP contribution in [0.5, 0.6) is 5.75 Å². The van der Waals surface area contributed by atoms with Gasteiger partial charge in [0.2, 0.25) is 0 Å². The molecule has 7 heteroatoms. The first-order valence-electron chi connectivity index (χ1n) is 7.95. The predicted molar refractivity (Wildman–Crippen MR) is 104 cm³/mol. The van der Waals surface area contributed by atoms with Crippen LogP contribution in [0.3, 0.4) is 0 Å². The summed E-state index contributed by atoms with van der Waals surface area (Å²) in [6.07, 6.45) is -1.42. The van der Waals surface area contributed by atoms with Gasteiger partial charge in [0.25, 0.3) is 0 Å². The first-order valence-corrected chi connectivity index (χ1v) is 10.1. The summed E-state index contributed by atoms with van der Waals surface area (Å²) in [6.45, 7) is 0. The molecule has 0 aliphatic heterocycles. The molecule has 0 fully saturated rings. The highest BCUT2D eigenvalue weighted by Gasteiger charge is 2.25. The highest BCUT2D eigenvalue weighted by atomic mass is 79.9. The van der Waals surface area contributed by atoms with Gasteiger partial charge in [-0.15, -0.1) is 0 Å². The molecule has 0 bridgehead atoms. The van der Waals surface area contributed by atoms with Crippen LogP contribution < -0.4 is 4.18 Å². The summed E-state index contributed by atoms with van der Waals surface area (Å²) in [4.78, 5) is 12.7. The summed E-state index contributed by atoms with van der Waals surface area (Å²) in [5, 5.41) is 10.4. The molecular formula is C20H15BrO5S. The summed E-state index contributed by atoms with van der Waals surface area (Å²) < 4.78 is 30.9. The standard InChI is InChI=1S/C20H15BrO5S/c21-15-10-12-16(13-11-15)27(24,25)26-18-9-5-4-8-17(18)20(23)19(22)14-6-2-1-3-7-14/h1-13,19,22H. The van der Waals surface area contributed by atoms with Gasteiger partial charge in [-0.1, -0.05) is 58.4 Å². The fraction of sp³-hybridized carbons (Fsp3) is 0.0500. The fourth-order valence-corrected chi connectivity index (χ4v) is 3.66. The molecule has 3 aromatic carbocycles. The van der Waals surface area contributed by atoms with Crippen LogP contribution in [-0.4, -0.2) is 19.3 Å². The van der Waals surface area contributed by atoms with E-state index in [2.05, 4.69) is 15.9 Å². The minimum atomic E-state index is -4.13. The van der Waals surface area contributed by atoms with Crippen molar-refractivity contribution in [3.8, 4) is 5.75 Å². The van der Waals surface area contributed by atoms with E-state index >= 15 is 0 Å². The molecule has 0 aliphatic rings. The molecule has 5 nitrogen and oxygen atoms in total. The highest BCUT2D eigenvalue weighted by Crippen LogP contribution is 2.28. The Hall–Kier alpha value is -2.48. The molecule has 0 amide bonds. The van der Waals surface area contributed by atoms with E-state index < -0.39 is 22.0 Å². The molecule has 0 aliphatic carbocycles. The van der Waals surface area contributed by atoms with Crippen molar-refractivity contribution in [3.63, 3.8) is 0 Å². The Balaban J connectivity index is 1.92. The second kappa shape index (κ2) is 8.04. The Morgan fingerprint density at radius 3 is 2.15 bits per heavy atom. The van der Waals surface area contributed by atoms with Crippen molar-refractivity contribution in [1.82, 2.24) is 0 Å². The molecule has 0 radical (unpaired) electrons. The maximum Gasteiger partial charge on any atom is 0.339 e. The third kappa shape index (κ3) is 4.44. The Labute approximate surface area is 165 Å². The summed E-state index contributed by atoms with van der Waals surface area (Å²) in [5.41, 5.74) is 0.391. The molecule has 0 saturated carbocycles. The van der Waals surface area contributed by atoms with Crippen LogP contribution in [0.1, 0.15) is 22.0 Å². The zero-order chi connectivity index (χ0) is 19.4. The number of hydrogen-bond donors (Lipinski definition) is 1. The minimum Gasteiger partial charge on any atom is -0.380 e. The number of rotatable bonds is 6.